The number of aromatic nitrogens is 2. The summed E-state index contributed by atoms with van der Waals surface area (Å²) in [7, 11) is 0. The van der Waals surface area contributed by atoms with Crippen LogP contribution in [0.4, 0.5) is 5.95 Å². The van der Waals surface area contributed by atoms with Crippen LogP contribution in [0.25, 0.3) is 10.2 Å². The molecule has 1 atom stereocenters. The molecule has 4 nitrogen and oxygen atoms in total. The van der Waals surface area contributed by atoms with Crippen LogP contribution in [0.1, 0.15) is 6.42 Å². The molecule has 0 spiro atoms. The summed E-state index contributed by atoms with van der Waals surface area (Å²) in [4.78, 5) is 10.8. The Bertz CT molecular complexity index is 484. The van der Waals surface area contributed by atoms with Crippen LogP contribution >= 0.6 is 11.3 Å². The van der Waals surface area contributed by atoms with Gasteiger partial charge in [-0.1, -0.05) is 0 Å². The van der Waals surface area contributed by atoms with Gasteiger partial charge >= 0.3 is 0 Å². The maximum atomic E-state index is 9.44. The highest BCUT2D eigenvalue weighted by Gasteiger charge is 2.22. The molecule has 1 saturated heterocycles. The lowest BCUT2D eigenvalue weighted by molar-refractivity contribution is 0.198. The van der Waals surface area contributed by atoms with Gasteiger partial charge in [0, 0.05) is 13.1 Å². The number of hydrogen-bond donors (Lipinski definition) is 1. The number of aliphatic hydroxyl groups is 1. The zero-order chi connectivity index (χ0) is 10.3. The smallest absolute Gasteiger partial charge is 0.226 e. The van der Waals surface area contributed by atoms with Crippen molar-refractivity contribution in [3.63, 3.8) is 0 Å². The van der Waals surface area contributed by atoms with Crippen molar-refractivity contribution in [1.29, 1.82) is 0 Å². The number of fused-ring (bicyclic) bond motifs is 1. The van der Waals surface area contributed by atoms with E-state index in [1.165, 1.54) is 0 Å². The standard InChI is InChI=1S/C10H11N3OS/c14-7-1-3-13(6-7)10-11-5-9-8(12-10)2-4-15-9/h2,4-5,7,14H,1,3,6H2/t7-/m1/s1. The first kappa shape index (κ1) is 9.06. The van der Waals surface area contributed by atoms with Crippen LogP contribution < -0.4 is 4.90 Å². The quantitative estimate of drug-likeness (QED) is 0.787. The molecule has 2 aromatic heterocycles. The first-order valence-corrected chi connectivity index (χ1v) is 5.84. The van der Waals surface area contributed by atoms with Gasteiger partial charge in [-0.3, -0.25) is 0 Å². The molecule has 0 aromatic carbocycles. The number of anilines is 1. The van der Waals surface area contributed by atoms with Gasteiger partial charge < -0.3 is 10.0 Å². The van der Waals surface area contributed by atoms with Crippen molar-refractivity contribution in [2.45, 2.75) is 12.5 Å². The largest absolute Gasteiger partial charge is 0.391 e. The molecule has 2 aromatic rings. The van der Waals surface area contributed by atoms with Gasteiger partial charge in [-0.15, -0.1) is 11.3 Å². The molecule has 0 aliphatic carbocycles. The summed E-state index contributed by atoms with van der Waals surface area (Å²) in [6.45, 7) is 1.49. The van der Waals surface area contributed by atoms with E-state index in [1.54, 1.807) is 11.3 Å². The minimum Gasteiger partial charge on any atom is -0.391 e. The summed E-state index contributed by atoms with van der Waals surface area (Å²) in [5.41, 5.74) is 0.992. The molecule has 0 bridgehead atoms. The number of hydrogen-bond acceptors (Lipinski definition) is 5. The second-order valence-corrected chi connectivity index (χ2v) is 4.68. The fourth-order valence-corrected chi connectivity index (χ4v) is 2.52. The number of nitrogens with zero attached hydrogens (tertiary/aromatic N) is 3. The van der Waals surface area contributed by atoms with Crippen LogP contribution in [-0.2, 0) is 0 Å². The van der Waals surface area contributed by atoms with Gasteiger partial charge in [-0.25, -0.2) is 9.97 Å². The van der Waals surface area contributed by atoms with E-state index in [-0.39, 0.29) is 6.10 Å². The van der Waals surface area contributed by atoms with Crippen molar-refractivity contribution >= 4 is 27.5 Å². The van der Waals surface area contributed by atoms with Gasteiger partial charge in [0.05, 0.1) is 22.5 Å². The molecule has 1 aliphatic rings. The number of thiophene rings is 1. The Morgan fingerprint density at radius 1 is 1.53 bits per heavy atom. The molecule has 0 saturated carbocycles. The van der Waals surface area contributed by atoms with Gasteiger partial charge in [-0.05, 0) is 17.9 Å². The molecule has 3 rings (SSSR count). The van der Waals surface area contributed by atoms with Gasteiger partial charge in [0.25, 0.3) is 0 Å². The SMILES string of the molecule is O[C@@H]1CCN(c2ncc3sccc3n2)C1. The minimum atomic E-state index is -0.230. The van der Waals surface area contributed by atoms with E-state index in [0.29, 0.717) is 6.54 Å². The van der Waals surface area contributed by atoms with Gasteiger partial charge in [-0.2, -0.15) is 0 Å². The zero-order valence-corrected chi connectivity index (χ0v) is 8.94. The fourth-order valence-electron chi connectivity index (χ4n) is 1.83. The van der Waals surface area contributed by atoms with Crippen LogP contribution in [0.3, 0.4) is 0 Å². The summed E-state index contributed by atoms with van der Waals surface area (Å²) in [5.74, 6) is 0.734. The van der Waals surface area contributed by atoms with Crippen LogP contribution in [0.2, 0.25) is 0 Å². The van der Waals surface area contributed by atoms with E-state index in [2.05, 4.69) is 9.97 Å². The Morgan fingerprint density at radius 3 is 3.27 bits per heavy atom. The third-order valence-corrected chi connectivity index (χ3v) is 3.48. The Labute approximate surface area is 91.2 Å². The van der Waals surface area contributed by atoms with E-state index in [0.717, 1.165) is 29.1 Å². The van der Waals surface area contributed by atoms with Crippen LogP contribution in [-0.4, -0.2) is 34.3 Å². The summed E-state index contributed by atoms with van der Waals surface area (Å²) in [5, 5.41) is 11.5. The molecule has 1 N–H and O–H groups in total. The Hall–Kier alpha value is -1.20. The van der Waals surface area contributed by atoms with Crippen LogP contribution in [0.15, 0.2) is 17.6 Å². The van der Waals surface area contributed by atoms with E-state index < -0.39 is 0 Å². The first-order chi connectivity index (χ1) is 7.33. The molecule has 0 radical (unpaired) electrons. The molecule has 0 unspecified atom stereocenters. The maximum absolute atomic E-state index is 9.44. The molecule has 0 amide bonds. The van der Waals surface area contributed by atoms with Gasteiger partial charge in [0.2, 0.25) is 5.95 Å². The van der Waals surface area contributed by atoms with Crippen molar-refractivity contribution in [2.24, 2.45) is 0 Å². The lowest BCUT2D eigenvalue weighted by Gasteiger charge is -2.14. The summed E-state index contributed by atoms with van der Waals surface area (Å²) >= 11 is 1.65. The molecule has 3 heterocycles. The molecule has 15 heavy (non-hydrogen) atoms. The zero-order valence-electron chi connectivity index (χ0n) is 8.13. The van der Waals surface area contributed by atoms with Crippen LogP contribution in [0, 0.1) is 0 Å². The fraction of sp³-hybridized carbons (Fsp3) is 0.400. The van der Waals surface area contributed by atoms with Crippen LogP contribution in [0.5, 0.6) is 0 Å². The lowest BCUT2D eigenvalue weighted by Crippen LogP contribution is -2.23. The van der Waals surface area contributed by atoms with E-state index >= 15 is 0 Å². The van der Waals surface area contributed by atoms with Crippen molar-refractivity contribution in [3.05, 3.63) is 17.6 Å². The Balaban J connectivity index is 1.97. The van der Waals surface area contributed by atoms with Gasteiger partial charge in [0.15, 0.2) is 0 Å². The third-order valence-electron chi connectivity index (χ3n) is 2.64. The molecule has 1 aliphatic heterocycles. The average Bonchev–Trinajstić information content (AvgIpc) is 2.84. The Kier molecular flexibility index (Phi) is 2.07. The predicted molar refractivity (Wildman–Crippen MR) is 60.3 cm³/mol. The maximum Gasteiger partial charge on any atom is 0.226 e. The lowest BCUT2D eigenvalue weighted by atomic mass is 10.3. The number of β-amino-alcohol motifs (C(OH)–C–C–N with tert-alkyl or cyclic N) is 1. The predicted octanol–water partition coefficient (Wildman–Crippen LogP) is 1.26. The average molecular weight is 221 g/mol. The van der Waals surface area contributed by atoms with E-state index in [4.69, 9.17) is 0 Å². The molecule has 78 valence electrons. The van der Waals surface area contributed by atoms with Crippen molar-refractivity contribution in [1.82, 2.24) is 9.97 Å². The monoisotopic (exact) mass is 221 g/mol. The highest BCUT2D eigenvalue weighted by Crippen LogP contribution is 2.22. The Morgan fingerprint density at radius 2 is 2.47 bits per heavy atom. The topological polar surface area (TPSA) is 49.2 Å². The first-order valence-electron chi connectivity index (χ1n) is 4.96. The van der Waals surface area contributed by atoms with E-state index in [1.807, 2.05) is 22.5 Å². The highest BCUT2D eigenvalue weighted by atomic mass is 32.1. The number of rotatable bonds is 1. The normalized spacial score (nSPS) is 21.4. The van der Waals surface area contributed by atoms with Crippen molar-refractivity contribution in [3.8, 4) is 0 Å². The highest BCUT2D eigenvalue weighted by molar-refractivity contribution is 7.17. The minimum absolute atomic E-state index is 0.230. The molecule has 5 heteroatoms. The second kappa shape index (κ2) is 3.43. The van der Waals surface area contributed by atoms with Crippen molar-refractivity contribution in [2.75, 3.05) is 18.0 Å². The van der Waals surface area contributed by atoms with Gasteiger partial charge in [0.1, 0.15) is 0 Å². The summed E-state index contributed by atoms with van der Waals surface area (Å²) < 4.78 is 1.11. The van der Waals surface area contributed by atoms with E-state index in [9.17, 15) is 5.11 Å². The third kappa shape index (κ3) is 1.57. The molecular weight excluding hydrogens is 210 g/mol. The summed E-state index contributed by atoms with van der Waals surface area (Å²) in [6.07, 6.45) is 2.43. The summed E-state index contributed by atoms with van der Waals surface area (Å²) in [6, 6.07) is 2.00. The number of aliphatic hydroxyl groups excluding tert-OH is 1. The second-order valence-electron chi connectivity index (χ2n) is 3.73. The van der Waals surface area contributed by atoms with Crippen molar-refractivity contribution < 1.29 is 5.11 Å². The molecular formula is C10H11N3OS. The molecule has 1 fully saturated rings.